The normalized spacial score (nSPS) is 17.9. The Morgan fingerprint density at radius 1 is 0.881 bits per heavy atom. The van der Waals surface area contributed by atoms with Gasteiger partial charge in [-0.15, -0.1) is 0 Å². The van der Waals surface area contributed by atoms with E-state index in [1.54, 1.807) is 0 Å². The van der Waals surface area contributed by atoms with Gasteiger partial charge in [0.15, 0.2) is 0 Å². The molecule has 7 heteroatoms. The SMILES string of the molecule is CN1CCC(C(=O)Nc2ccc(CN(C)C3CCOCC3)cc2)=Cc2cc(-c3ccc(N4CCOCC4)cc3)ccc21. The van der Waals surface area contributed by atoms with E-state index in [4.69, 9.17) is 9.47 Å². The number of fused-ring (bicyclic) bond motifs is 1. The molecule has 42 heavy (non-hydrogen) atoms. The molecular weight excluding hydrogens is 524 g/mol. The summed E-state index contributed by atoms with van der Waals surface area (Å²) >= 11 is 0. The standard InChI is InChI=1S/C35H42N4O3/c1-37-16-13-29(35(40)36-31-8-3-26(4-9-31)25-38(2)32-14-19-41-20-15-32)24-30-23-28(7-12-34(30)37)27-5-10-33(11-6-27)39-17-21-42-22-18-39/h3-12,23-24,32H,13-22,25H2,1-2H3,(H,36,40). The molecule has 1 N–H and O–H groups in total. The van der Waals surface area contributed by atoms with Crippen molar-refractivity contribution >= 4 is 29.0 Å². The topological polar surface area (TPSA) is 57.3 Å². The number of hydrogen-bond acceptors (Lipinski definition) is 6. The van der Waals surface area contributed by atoms with E-state index in [1.807, 2.05) is 12.1 Å². The number of carbonyl (C=O) groups is 1. The molecule has 0 aliphatic carbocycles. The van der Waals surface area contributed by atoms with E-state index >= 15 is 0 Å². The number of carbonyl (C=O) groups excluding carboxylic acids is 1. The summed E-state index contributed by atoms with van der Waals surface area (Å²) in [5, 5.41) is 3.14. The first-order chi connectivity index (χ1) is 20.5. The first kappa shape index (κ1) is 28.5. The van der Waals surface area contributed by atoms with Crippen LogP contribution in [0.25, 0.3) is 17.2 Å². The number of hydrogen-bond donors (Lipinski definition) is 1. The van der Waals surface area contributed by atoms with Gasteiger partial charge in [0.1, 0.15) is 0 Å². The zero-order valence-electron chi connectivity index (χ0n) is 24.9. The third kappa shape index (κ3) is 6.70. The lowest BCUT2D eigenvalue weighted by atomic mass is 10.00. The Balaban J connectivity index is 1.14. The van der Waals surface area contributed by atoms with Crippen LogP contribution in [-0.4, -0.2) is 77.0 Å². The lowest BCUT2D eigenvalue weighted by Gasteiger charge is -2.31. The van der Waals surface area contributed by atoms with Gasteiger partial charge in [0.2, 0.25) is 0 Å². The third-order valence-corrected chi connectivity index (χ3v) is 8.81. The molecule has 3 aliphatic rings. The third-order valence-electron chi connectivity index (χ3n) is 8.81. The van der Waals surface area contributed by atoms with Crippen molar-refractivity contribution in [2.45, 2.75) is 31.8 Å². The van der Waals surface area contributed by atoms with Crippen LogP contribution in [0.3, 0.4) is 0 Å². The number of anilines is 3. The lowest BCUT2D eigenvalue weighted by molar-refractivity contribution is -0.112. The second kappa shape index (κ2) is 13.1. The van der Waals surface area contributed by atoms with Crippen LogP contribution in [-0.2, 0) is 20.8 Å². The summed E-state index contributed by atoms with van der Waals surface area (Å²) < 4.78 is 11.0. The van der Waals surface area contributed by atoms with Gasteiger partial charge >= 0.3 is 0 Å². The van der Waals surface area contributed by atoms with Gasteiger partial charge in [-0.1, -0.05) is 30.3 Å². The van der Waals surface area contributed by atoms with E-state index in [9.17, 15) is 4.79 Å². The average molecular weight is 567 g/mol. The summed E-state index contributed by atoms with van der Waals surface area (Å²) in [6.45, 7) is 6.79. The maximum atomic E-state index is 13.4. The maximum absolute atomic E-state index is 13.4. The number of rotatable bonds is 7. The van der Waals surface area contributed by atoms with Gasteiger partial charge < -0.3 is 24.6 Å². The van der Waals surface area contributed by atoms with Crippen molar-refractivity contribution in [3.8, 4) is 11.1 Å². The van der Waals surface area contributed by atoms with Gasteiger partial charge in [-0.05, 0) is 91.0 Å². The van der Waals surface area contributed by atoms with Crippen LogP contribution in [0.4, 0.5) is 17.1 Å². The zero-order valence-corrected chi connectivity index (χ0v) is 24.9. The molecule has 220 valence electrons. The molecule has 3 aliphatic heterocycles. The molecule has 2 saturated heterocycles. The Labute approximate surface area is 249 Å². The van der Waals surface area contributed by atoms with E-state index < -0.39 is 0 Å². The number of nitrogens with zero attached hydrogens (tertiary/aromatic N) is 3. The minimum absolute atomic E-state index is 0.0383. The summed E-state index contributed by atoms with van der Waals surface area (Å²) in [7, 11) is 4.28. The Morgan fingerprint density at radius 3 is 2.31 bits per heavy atom. The van der Waals surface area contributed by atoms with Gasteiger partial charge in [0, 0.05) is 75.1 Å². The van der Waals surface area contributed by atoms with E-state index in [1.165, 1.54) is 16.8 Å². The quantitative estimate of drug-likeness (QED) is 0.398. The van der Waals surface area contributed by atoms with Crippen molar-refractivity contribution in [3.05, 3.63) is 83.4 Å². The number of morpholine rings is 1. The van der Waals surface area contributed by atoms with Gasteiger partial charge in [-0.3, -0.25) is 9.69 Å². The van der Waals surface area contributed by atoms with Crippen molar-refractivity contribution in [3.63, 3.8) is 0 Å². The molecule has 0 bridgehead atoms. The highest BCUT2D eigenvalue weighted by molar-refractivity contribution is 6.07. The second-order valence-corrected chi connectivity index (χ2v) is 11.7. The highest BCUT2D eigenvalue weighted by Crippen LogP contribution is 2.33. The van der Waals surface area contributed by atoms with Crippen LogP contribution < -0.4 is 15.1 Å². The largest absolute Gasteiger partial charge is 0.381 e. The highest BCUT2D eigenvalue weighted by Gasteiger charge is 2.20. The Hall–Kier alpha value is -3.65. The molecular formula is C35H42N4O3. The van der Waals surface area contributed by atoms with E-state index in [0.717, 1.165) is 93.5 Å². The van der Waals surface area contributed by atoms with Gasteiger partial charge in [0.05, 0.1) is 13.2 Å². The van der Waals surface area contributed by atoms with Crippen molar-refractivity contribution < 1.29 is 14.3 Å². The molecule has 6 rings (SSSR count). The predicted octanol–water partition coefficient (Wildman–Crippen LogP) is 5.66. The molecule has 2 fully saturated rings. The zero-order chi connectivity index (χ0) is 28.9. The van der Waals surface area contributed by atoms with Gasteiger partial charge in [0.25, 0.3) is 5.91 Å². The molecule has 0 unspecified atom stereocenters. The number of ether oxygens (including phenoxy) is 2. The Kier molecular flexibility index (Phi) is 8.89. The fourth-order valence-electron chi connectivity index (χ4n) is 6.18. The average Bonchev–Trinajstić information content (AvgIpc) is 3.21. The molecule has 0 spiro atoms. The Morgan fingerprint density at radius 2 is 1.57 bits per heavy atom. The van der Waals surface area contributed by atoms with Crippen LogP contribution >= 0.6 is 0 Å². The number of nitrogens with one attached hydrogen (secondary N) is 1. The molecule has 0 radical (unpaired) electrons. The molecule has 0 atom stereocenters. The molecule has 3 aromatic rings. The highest BCUT2D eigenvalue weighted by atomic mass is 16.5. The summed E-state index contributed by atoms with van der Waals surface area (Å²) in [6, 6.07) is 24.2. The maximum Gasteiger partial charge on any atom is 0.251 e. The van der Waals surface area contributed by atoms with Crippen molar-refractivity contribution in [1.29, 1.82) is 0 Å². The van der Waals surface area contributed by atoms with E-state index in [0.29, 0.717) is 12.5 Å². The lowest BCUT2D eigenvalue weighted by Crippen LogP contribution is -2.36. The van der Waals surface area contributed by atoms with Gasteiger partial charge in [-0.2, -0.15) is 0 Å². The monoisotopic (exact) mass is 566 g/mol. The fraction of sp³-hybridized carbons (Fsp3) is 0.400. The predicted molar refractivity (Wildman–Crippen MR) is 171 cm³/mol. The van der Waals surface area contributed by atoms with Gasteiger partial charge in [-0.25, -0.2) is 0 Å². The van der Waals surface area contributed by atoms with E-state index in [-0.39, 0.29) is 5.91 Å². The van der Waals surface area contributed by atoms with Crippen LogP contribution in [0, 0.1) is 0 Å². The Bertz CT molecular complexity index is 1390. The minimum Gasteiger partial charge on any atom is -0.381 e. The van der Waals surface area contributed by atoms with E-state index in [2.05, 4.69) is 94.8 Å². The van der Waals surface area contributed by atoms with Crippen LogP contribution in [0.5, 0.6) is 0 Å². The minimum atomic E-state index is -0.0383. The van der Waals surface area contributed by atoms with Crippen molar-refractivity contribution in [1.82, 2.24) is 4.90 Å². The molecule has 0 aromatic heterocycles. The second-order valence-electron chi connectivity index (χ2n) is 11.7. The fourth-order valence-corrected chi connectivity index (χ4v) is 6.18. The van der Waals surface area contributed by atoms with Crippen LogP contribution in [0.1, 0.15) is 30.4 Å². The molecule has 3 aromatic carbocycles. The first-order valence-electron chi connectivity index (χ1n) is 15.2. The van der Waals surface area contributed by atoms with Crippen molar-refractivity contribution in [2.75, 3.05) is 75.3 Å². The van der Waals surface area contributed by atoms with Crippen LogP contribution in [0.2, 0.25) is 0 Å². The molecule has 1 amide bonds. The summed E-state index contributed by atoms with van der Waals surface area (Å²) in [6.07, 6.45) is 4.92. The molecule has 3 heterocycles. The summed E-state index contributed by atoms with van der Waals surface area (Å²) in [5.74, 6) is -0.0383. The molecule has 0 saturated carbocycles. The molecule has 7 nitrogen and oxygen atoms in total. The van der Waals surface area contributed by atoms with Crippen molar-refractivity contribution in [2.24, 2.45) is 0 Å². The summed E-state index contributed by atoms with van der Waals surface area (Å²) in [4.78, 5) is 20.4. The number of amides is 1. The summed E-state index contributed by atoms with van der Waals surface area (Å²) in [5.41, 5.74) is 8.63. The smallest absolute Gasteiger partial charge is 0.251 e. The first-order valence-corrected chi connectivity index (χ1v) is 15.2. The number of benzene rings is 3. The van der Waals surface area contributed by atoms with Crippen LogP contribution in [0.15, 0.2) is 72.3 Å².